The number of nitrogens with zero attached hydrogens (tertiary/aromatic N) is 3. The van der Waals surface area contributed by atoms with Crippen LogP contribution in [0.4, 0.5) is 0 Å². The first-order valence-corrected chi connectivity index (χ1v) is 6.66. The van der Waals surface area contributed by atoms with Crippen molar-refractivity contribution in [3.63, 3.8) is 0 Å². The second-order valence-corrected chi connectivity index (χ2v) is 5.71. The molecule has 2 N–H and O–H groups in total. The summed E-state index contributed by atoms with van der Waals surface area (Å²) in [7, 11) is 0. The molecule has 2 heterocycles. The van der Waals surface area contributed by atoms with Gasteiger partial charge in [-0.3, -0.25) is 4.79 Å². The van der Waals surface area contributed by atoms with E-state index in [1.54, 1.807) is 0 Å². The van der Waals surface area contributed by atoms with Gasteiger partial charge >= 0.3 is 5.97 Å². The molecule has 0 saturated heterocycles. The number of aliphatic carboxylic acids is 1. The van der Waals surface area contributed by atoms with Crippen LogP contribution in [0.1, 0.15) is 37.9 Å². The predicted molar refractivity (Wildman–Crippen MR) is 62.7 cm³/mol. The van der Waals surface area contributed by atoms with Crippen molar-refractivity contribution in [1.82, 2.24) is 14.9 Å². The van der Waals surface area contributed by atoms with Gasteiger partial charge in [0.1, 0.15) is 5.25 Å². The Bertz CT molecular complexity index is 457. The third-order valence-electron chi connectivity index (χ3n) is 3.39. The molecule has 0 spiro atoms. The highest BCUT2D eigenvalue weighted by atomic mass is 32.2. The minimum atomic E-state index is -0.811. The Hall–Kier alpha value is -1.24. The molecule has 1 aliphatic carbocycles. The van der Waals surface area contributed by atoms with E-state index < -0.39 is 11.2 Å². The average molecular weight is 254 g/mol. The first-order valence-electron chi connectivity index (χ1n) is 5.78. The SMILES string of the molecule is CC1Nn2c(nnc2C2CCC2)SC1C(=O)O. The number of carboxylic acid groups (broad SMARTS) is 1. The van der Waals surface area contributed by atoms with Crippen LogP contribution in [0.25, 0.3) is 0 Å². The van der Waals surface area contributed by atoms with E-state index in [1.807, 2.05) is 11.6 Å². The third kappa shape index (κ3) is 1.69. The molecule has 17 heavy (non-hydrogen) atoms. The van der Waals surface area contributed by atoms with Crippen LogP contribution in [-0.4, -0.2) is 37.2 Å². The topological polar surface area (TPSA) is 80.0 Å². The van der Waals surface area contributed by atoms with Crippen molar-refractivity contribution in [3.05, 3.63) is 5.82 Å². The molecule has 2 atom stereocenters. The van der Waals surface area contributed by atoms with Gasteiger partial charge in [-0.25, -0.2) is 4.68 Å². The van der Waals surface area contributed by atoms with Gasteiger partial charge in [0, 0.05) is 5.92 Å². The molecule has 1 aliphatic heterocycles. The molecule has 0 amide bonds. The second kappa shape index (κ2) is 3.90. The van der Waals surface area contributed by atoms with Gasteiger partial charge in [-0.15, -0.1) is 10.2 Å². The lowest BCUT2D eigenvalue weighted by Gasteiger charge is -2.31. The number of hydrogen-bond acceptors (Lipinski definition) is 5. The van der Waals surface area contributed by atoms with E-state index >= 15 is 0 Å². The fraction of sp³-hybridized carbons (Fsp3) is 0.700. The molecular formula is C10H14N4O2S. The number of aromatic nitrogens is 3. The fourth-order valence-electron chi connectivity index (χ4n) is 2.16. The summed E-state index contributed by atoms with van der Waals surface area (Å²) >= 11 is 1.27. The van der Waals surface area contributed by atoms with Crippen molar-refractivity contribution < 1.29 is 9.90 Å². The summed E-state index contributed by atoms with van der Waals surface area (Å²) in [6.07, 6.45) is 3.55. The molecule has 0 radical (unpaired) electrons. The van der Waals surface area contributed by atoms with Crippen LogP contribution in [-0.2, 0) is 4.79 Å². The monoisotopic (exact) mass is 254 g/mol. The van der Waals surface area contributed by atoms with Crippen molar-refractivity contribution in [3.8, 4) is 0 Å². The van der Waals surface area contributed by atoms with Crippen molar-refractivity contribution in [2.75, 3.05) is 5.43 Å². The van der Waals surface area contributed by atoms with Gasteiger partial charge in [-0.2, -0.15) is 0 Å². The first kappa shape index (κ1) is 10.9. The van der Waals surface area contributed by atoms with Crippen molar-refractivity contribution >= 4 is 17.7 Å². The Kier molecular flexibility index (Phi) is 2.50. The van der Waals surface area contributed by atoms with E-state index in [1.165, 1.54) is 18.2 Å². The molecule has 0 bridgehead atoms. The van der Waals surface area contributed by atoms with Crippen LogP contribution in [0.15, 0.2) is 5.16 Å². The maximum atomic E-state index is 11.1. The number of carboxylic acids is 1. The summed E-state index contributed by atoms with van der Waals surface area (Å²) in [5.74, 6) is 0.627. The Labute approximate surface area is 103 Å². The zero-order chi connectivity index (χ0) is 12.0. The molecule has 92 valence electrons. The molecule has 2 aliphatic rings. The van der Waals surface area contributed by atoms with Crippen LogP contribution in [0, 0.1) is 0 Å². The quantitative estimate of drug-likeness (QED) is 0.820. The highest BCUT2D eigenvalue weighted by Crippen LogP contribution is 2.38. The van der Waals surface area contributed by atoms with Crippen LogP contribution < -0.4 is 5.43 Å². The minimum absolute atomic E-state index is 0.125. The Morgan fingerprint density at radius 1 is 1.53 bits per heavy atom. The van der Waals surface area contributed by atoms with Gasteiger partial charge in [0.05, 0.1) is 6.04 Å². The molecule has 1 aromatic heterocycles. The Morgan fingerprint density at radius 2 is 2.29 bits per heavy atom. The van der Waals surface area contributed by atoms with Gasteiger partial charge in [0.2, 0.25) is 5.16 Å². The van der Waals surface area contributed by atoms with E-state index in [9.17, 15) is 4.79 Å². The van der Waals surface area contributed by atoms with E-state index in [-0.39, 0.29) is 6.04 Å². The van der Waals surface area contributed by atoms with Gasteiger partial charge < -0.3 is 10.5 Å². The minimum Gasteiger partial charge on any atom is -0.480 e. The Balaban J connectivity index is 1.89. The summed E-state index contributed by atoms with van der Waals surface area (Å²) in [6, 6.07) is -0.125. The summed E-state index contributed by atoms with van der Waals surface area (Å²) in [5, 5.41) is 17.5. The number of carbonyl (C=O) groups is 1. The highest BCUT2D eigenvalue weighted by Gasteiger charge is 2.36. The maximum absolute atomic E-state index is 11.1. The van der Waals surface area contributed by atoms with E-state index in [0.717, 1.165) is 18.7 Å². The van der Waals surface area contributed by atoms with Crippen LogP contribution >= 0.6 is 11.8 Å². The molecule has 0 aromatic carbocycles. The third-order valence-corrected chi connectivity index (χ3v) is 4.73. The number of hydrogen-bond donors (Lipinski definition) is 2. The largest absolute Gasteiger partial charge is 0.480 e. The molecule has 1 saturated carbocycles. The first-order chi connectivity index (χ1) is 8.16. The van der Waals surface area contributed by atoms with Crippen LogP contribution in [0.2, 0.25) is 0 Å². The second-order valence-electron chi connectivity index (χ2n) is 4.60. The van der Waals surface area contributed by atoms with Crippen molar-refractivity contribution in [2.45, 2.75) is 48.6 Å². The summed E-state index contributed by atoms with van der Waals surface area (Å²) in [4.78, 5) is 11.1. The average Bonchev–Trinajstić information content (AvgIpc) is 2.58. The van der Waals surface area contributed by atoms with E-state index in [2.05, 4.69) is 15.6 Å². The van der Waals surface area contributed by atoms with E-state index in [0.29, 0.717) is 11.1 Å². The number of nitrogens with one attached hydrogen (secondary N) is 1. The maximum Gasteiger partial charge on any atom is 0.319 e. The highest BCUT2D eigenvalue weighted by molar-refractivity contribution is 8.00. The lowest BCUT2D eigenvalue weighted by atomic mass is 9.85. The van der Waals surface area contributed by atoms with Gasteiger partial charge in [-0.1, -0.05) is 18.2 Å². The number of rotatable bonds is 2. The van der Waals surface area contributed by atoms with Crippen LogP contribution in [0.3, 0.4) is 0 Å². The standard InChI is InChI=1S/C10H14N4O2S/c1-5-7(9(15)16)17-10-12-11-8(14(10)13-5)6-3-2-4-6/h5-7,13H,2-4H2,1H3,(H,15,16). The predicted octanol–water partition coefficient (Wildman–Crippen LogP) is 1.04. The molecule has 6 nitrogen and oxygen atoms in total. The summed E-state index contributed by atoms with van der Waals surface area (Å²) < 4.78 is 1.87. The van der Waals surface area contributed by atoms with Gasteiger partial charge in [0.25, 0.3) is 0 Å². The zero-order valence-electron chi connectivity index (χ0n) is 9.46. The zero-order valence-corrected chi connectivity index (χ0v) is 10.3. The molecule has 1 fully saturated rings. The Morgan fingerprint density at radius 3 is 2.88 bits per heavy atom. The van der Waals surface area contributed by atoms with Gasteiger partial charge in [0.15, 0.2) is 5.82 Å². The van der Waals surface area contributed by atoms with Crippen molar-refractivity contribution in [1.29, 1.82) is 0 Å². The van der Waals surface area contributed by atoms with Crippen LogP contribution in [0.5, 0.6) is 0 Å². The smallest absolute Gasteiger partial charge is 0.319 e. The lowest BCUT2D eigenvalue weighted by molar-refractivity contribution is -0.136. The summed E-state index contributed by atoms with van der Waals surface area (Å²) in [5.41, 5.74) is 3.18. The van der Waals surface area contributed by atoms with E-state index in [4.69, 9.17) is 5.11 Å². The molecule has 7 heteroatoms. The normalized spacial score (nSPS) is 28.1. The molecule has 2 unspecified atom stereocenters. The lowest BCUT2D eigenvalue weighted by Crippen LogP contribution is -2.43. The number of fused-ring (bicyclic) bond motifs is 1. The molecular weight excluding hydrogens is 240 g/mol. The molecule has 1 aromatic rings. The van der Waals surface area contributed by atoms with Crippen molar-refractivity contribution in [2.24, 2.45) is 0 Å². The molecule has 3 rings (SSSR count). The number of thioether (sulfide) groups is 1. The van der Waals surface area contributed by atoms with Gasteiger partial charge in [-0.05, 0) is 19.8 Å². The summed E-state index contributed by atoms with van der Waals surface area (Å²) in [6.45, 7) is 1.87. The fourth-order valence-corrected chi connectivity index (χ4v) is 3.09.